The molecule has 0 bridgehead atoms. The molecule has 3 nitrogen and oxygen atoms in total. The maximum absolute atomic E-state index is 13.7. The molecule has 0 radical (unpaired) electrons. The van der Waals surface area contributed by atoms with E-state index in [1.807, 2.05) is 6.07 Å². The Morgan fingerprint density at radius 1 is 1.20 bits per heavy atom. The van der Waals surface area contributed by atoms with Gasteiger partial charge < -0.3 is 10.3 Å². The third kappa shape index (κ3) is 2.17. The lowest BCUT2D eigenvalue weighted by Gasteiger charge is -2.33. The van der Waals surface area contributed by atoms with Gasteiger partial charge in [0, 0.05) is 12.1 Å². The highest BCUT2D eigenvalue weighted by Crippen LogP contribution is 2.39. The van der Waals surface area contributed by atoms with Crippen LogP contribution in [0.2, 0.25) is 0 Å². The van der Waals surface area contributed by atoms with Crippen molar-refractivity contribution in [3.05, 3.63) is 23.5 Å². The fourth-order valence-electron chi connectivity index (χ4n) is 3.74. The maximum atomic E-state index is 13.7. The Hall–Kier alpha value is -1.58. The predicted molar refractivity (Wildman–Crippen MR) is 80.1 cm³/mol. The lowest BCUT2D eigenvalue weighted by atomic mass is 9.80. The molecule has 1 aliphatic carbocycles. The van der Waals surface area contributed by atoms with Crippen LogP contribution in [0, 0.1) is 24.6 Å². The van der Waals surface area contributed by atoms with Crippen molar-refractivity contribution in [1.29, 1.82) is 0 Å². The van der Waals surface area contributed by atoms with E-state index in [0.29, 0.717) is 34.9 Å². The zero-order valence-electron chi connectivity index (χ0n) is 12.4. The average Bonchev–Trinajstić information content (AvgIpc) is 2.64. The summed E-state index contributed by atoms with van der Waals surface area (Å²) in [4.78, 5) is 4.34. The highest BCUT2D eigenvalue weighted by Gasteiger charge is 2.27. The van der Waals surface area contributed by atoms with Crippen molar-refractivity contribution in [2.24, 2.45) is 11.8 Å². The number of hydrogen-bond donors (Lipinski definition) is 1. The van der Waals surface area contributed by atoms with E-state index < -0.39 is 0 Å². The number of nitrogens with two attached hydrogens (primary N) is 1. The molecule has 1 saturated carbocycles. The molecule has 1 aliphatic rings. The van der Waals surface area contributed by atoms with Crippen LogP contribution in [0.3, 0.4) is 0 Å². The summed E-state index contributed by atoms with van der Waals surface area (Å²) < 4.78 is 15.8. The first kappa shape index (κ1) is 13.4. The number of benzene rings is 1. The number of imidazole rings is 1. The first-order chi connectivity index (χ1) is 9.45. The first-order valence-corrected chi connectivity index (χ1v) is 7.39. The zero-order chi connectivity index (χ0) is 14.4. The molecule has 2 atom stereocenters. The molecule has 0 aliphatic heterocycles. The molecule has 0 spiro atoms. The van der Waals surface area contributed by atoms with Crippen LogP contribution in [0.15, 0.2) is 12.1 Å². The van der Waals surface area contributed by atoms with Gasteiger partial charge in [-0.2, -0.15) is 0 Å². The van der Waals surface area contributed by atoms with Crippen LogP contribution in [0.4, 0.5) is 10.3 Å². The van der Waals surface area contributed by atoms with Crippen LogP contribution in [-0.4, -0.2) is 9.55 Å². The van der Waals surface area contributed by atoms with Crippen molar-refractivity contribution >= 4 is 17.0 Å². The normalized spacial score (nSPS) is 27.1. The largest absolute Gasteiger partial charge is 0.369 e. The number of halogens is 1. The Kier molecular flexibility index (Phi) is 3.19. The van der Waals surface area contributed by atoms with Crippen LogP contribution < -0.4 is 5.73 Å². The van der Waals surface area contributed by atoms with Gasteiger partial charge in [-0.3, -0.25) is 0 Å². The van der Waals surface area contributed by atoms with Gasteiger partial charge in [-0.25, -0.2) is 9.37 Å². The van der Waals surface area contributed by atoms with E-state index in [4.69, 9.17) is 5.73 Å². The molecule has 2 aromatic rings. The second-order valence-electron chi connectivity index (χ2n) is 6.50. The topological polar surface area (TPSA) is 43.8 Å². The fourth-order valence-corrected chi connectivity index (χ4v) is 3.74. The van der Waals surface area contributed by atoms with Gasteiger partial charge in [0.2, 0.25) is 5.95 Å². The van der Waals surface area contributed by atoms with E-state index in [-0.39, 0.29) is 5.82 Å². The quantitative estimate of drug-likeness (QED) is 0.852. The highest BCUT2D eigenvalue weighted by molar-refractivity contribution is 5.79. The summed E-state index contributed by atoms with van der Waals surface area (Å²) >= 11 is 0. The van der Waals surface area contributed by atoms with Gasteiger partial charge in [0.05, 0.1) is 11.0 Å². The monoisotopic (exact) mass is 275 g/mol. The minimum absolute atomic E-state index is 0.215. The van der Waals surface area contributed by atoms with Crippen LogP contribution in [-0.2, 0) is 0 Å². The molecule has 2 unspecified atom stereocenters. The van der Waals surface area contributed by atoms with Gasteiger partial charge in [0.15, 0.2) is 0 Å². The molecule has 3 rings (SSSR count). The van der Waals surface area contributed by atoms with Gasteiger partial charge in [-0.05, 0) is 49.7 Å². The van der Waals surface area contributed by atoms with Crippen LogP contribution in [0.5, 0.6) is 0 Å². The third-order valence-electron chi connectivity index (χ3n) is 4.52. The Bertz CT molecular complexity index is 637. The van der Waals surface area contributed by atoms with Crippen molar-refractivity contribution in [3.8, 4) is 0 Å². The number of aryl methyl sites for hydroxylation is 1. The van der Waals surface area contributed by atoms with Gasteiger partial charge in [-0.1, -0.05) is 13.8 Å². The van der Waals surface area contributed by atoms with E-state index in [1.54, 1.807) is 6.92 Å². The number of nitrogen functional groups attached to an aromatic ring is 1. The minimum atomic E-state index is -0.215. The van der Waals surface area contributed by atoms with Gasteiger partial charge >= 0.3 is 0 Å². The SMILES string of the molecule is Cc1cc2c(cc1F)nc(N)n2C1CC(C)CC(C)C1. The Balaban J connectivity index is 2.10. The van der Waals surface area contributed by atoms with Crippen molar-refractivity contribution in [2.45, 2.75) is 46.1 Å². The molecular weight excluding hydrogens is 253 g/mol. The summed E-state index contributed by atoms with van der Waals surface area (Å²) in [5.41, 5.74) is 8.38. The number of hydrogen-bond acceptors (Lipinski definition) is 2. The lowest BCUT2D eigenvalue weighted by molar-refractivity contribution is 0.226. The molecule has 1 aromatic carbocycles. The lowest BCUT2D eigenvalue weighted by Crippen LogP contribution is -2.23. The minimum Gasteiger partial charge on any atom is -0.369 e. The van der Waals surface area contributed by atoms with E-state index in [9.17, 15) is 4.39 Å². The highest BCUT2D eigenvalue weighted by atomic mass is 19.1. The molecule has 1 heterocycles. The molecule has 0 amide bonds. The number of fused-ring (bicyclic) bond motifs is 1. The summed E-state index contributed by atoms with van der Waals surface area (Å²) in [5.74, 6) is 1.69. The molecule has 108 valence electrons. The summed E-state index contributed by atoms with van der Waals surface area (Å²) in [7, 11) is 0. The smallest absolute Gasteiger partial charge is 0.201 e. The van der Waals surface area contributed by atoms with E-state index in [0.717, 1.165) is 18.4 Å². The molecule has 2 N–H and O–H groups in total. The number of rotatable bonds is 1. The van der Waals surface area contributed by atoms with Gasteiger partial charge in [-0.15, -0.1) is 0 Å². The second kappa shape index (κ2) is 4.76. The van der Waals surface area contributed by atoms with E-state index >= 15 is 0 Å². The van der Waals surface area contributed by atoms with Crippen LogP contribution in [0.1, 0.15) is 44.7 Å². The number of nitrogens with zero attached hydrogens (tertiary/aromatic N) is 2. The van der Waals surface area contributed by atoms with E-state index in [1.165, 1.54) is 12.5 Å². The van der Waals surface area contributed by atoms with Crippen molar-refractivity contribution in [2.75, 3.05) is 5.73 Å². The Labute approximate surface area is 119 Å². The Morgan fingerprint density at radius 2 is 1.85 bits per heavy atom. The molecule has 1 fully saturated rings. The number of anilines is 1. The Morgan fingerprint density at radius 3 is 2.50 bits per heavy atom. The molecule has 1 aromatic heterocycles. The van der Waals surface area contributed by atoms with Crippen LogP contribution >= 0.6 is 0 Å². The number of aromatic nitrogens is 2. The van der Waals surface area contributed by atoms with Crippen molar-refractivity contribution < 1.29 is 4.39 Å². The standard InChI is InChI=1S/C16H22FN3/c1-9-4-10(2)6-12(5-9)20-15-7-11(3)13(17)8-14(15)19-16(20)18/h7-10,12H,4-6H2,1-3H3,(H2,18,19). The van der Waals surface area contributed by atoms with E-state index in [2.05, 4.69) is 23.4 Å². The van der Waals surface area contributed by atoms with Crippen LogP contribution in [0.25, 0.3) is 11.0 Å². The fraction of sp³-hybridized carbons (Fsp3) is 0.562. The maximum Gasteiger partial charge on any atom is 0.201 e. The molecule has 0 saturated heterocycles. The van der Waals surface area contributed by atoms with Crippen molar-refractivity contribution in [3.63, 3.8) is 0 Å². The zero-order valence-corrected chi connectivity index (χ0v) is 12.4. The summed E-state index contributed by atoms with van der Waals surface area (Å²) in [6.45, 7) is 6.38. The van der Waals surface area contributed by atoms with Gasteiger partial charge in [0.25, 0.3) is 0 Å². The van der Waals surface area contributed by atoms with Crippen molar-refractivity contribution in [1.82, 2.24) is 9.55 Å². The first-order valence-electron chi connectivity index (χ1n) is 7.39. The predicted octanol–water partition coefficient (Wildman–Crippen LogP) is 4.06. The molecular formula is C16H22FN3. The summed E-state index contributed by atoms with van der Waals surface area (Å²) in [6, 6.07) is 3.74. The summed E-state index contributed by atoms with van der Waals surface area (Å²) in [5, 5.41) is 0. The van der Waals surface area contributed by atoms with Gasteiger partial charge in [0.1, 0.15) is 5.82 Å². The average molecular weight is 275 g/mol. The molecule has 20 heavy (non-hydrogen) atoms. The second-order valence-corrected chi connectivity index (χ2v) is 6.50. The third-order valence-corrected chi connectivity index (χ3v) is 4.52. The summed E-state index contributed by atoms with van der Waals surface area (Å²) in [6.07, 6.45) is 3.52. The molecule has 4 heteroatoms.